The van der Waals surface area contributed by atoms with Crippen LogP contribution in [0.25, 0.3) is 42.1 Å². The van der Waals surface area contributed by atoms with Crippen LogP contribution in [0.4, 0.5) is 0 Å². The number of hydrogen-bond acceptors (Lipinski definition) is 2. The molecule has 0 saturated heterocycles. The molecule has 2 heteroatoms. The van der Waals surface area contributed by atoms with Gasteiger partial charge in [-0.25, -0.2) is 0 Å². The van der Waals surface area contributed by atoms with Crippen LogP contribution in [0.5, 0.6) is 5.75 Å². The summed E-state index contributed by atoms with van der Waals surface area (Å²) >= 11 is 1.93. The molecule has 0 N–H and O–H groups in total. The highest BCUT2D eigenvalue weighted by molar-refractivity contribution is 7.26. The van der Waals surface area contributed by atoms with Crippen LogP contribution >= 0.6 is 11.3 Å². The van der Waals surface area contributed by atoms with Crippen molar-refractivity contribution in [2.45, 2.75) is 30.8 Å². The Morgan fingerprint density at radius 3 is 2.22 bits per heavy atom. The highest BCUT2D eigenvalue weighted by atomic mass is 32.1. The molecule has 2 heterocycles. The smallest absolute Gasteiger partial charge is 0.128 e. The number of benzene rings is 6. The second kappa shape index (κ2) is 10.9. The lowest BCUT2D eigenvalue weighted by Gasteiger charge is -2.22. The highest BCUT2D eigenvalue weighted by Crippen LogP contribution is 2.49. The lowest BCUT2D eigenvalue weighted by Crippen LogP contribution is -2.17. The summed E-state index contributed by atoms with van der Waals surface area (Å²) in [5.74, 6) is 1.56. The van der Waals surface area contributed by atoms with E-state index in [1.807, 2.05) is 11.3 Å². The molecular weight excluding hydrogens is 565 g/mol. The van der Waals surface area contributed by atoms with Gasteiger partial charge in [0.1, 0.15) is 11.9 Å². The van der Waals surface area contributed by atoms with Crippen LogP contribution in [0.15, 0.2) is 157 Å². The third-order valence-corrected chi connectivity index (χ3v) is 10.9. The minimum absolute atomic E-state index is 0.0237. The summed E-state index contributed by atoms with van der Waals surface area (Å²) in [5, 5.41) is 5.31. The molecule has 0 spiro atoms. The quantitative estimate of drug-likeness (QED) is 0.186. The Hall–Kier alpha value is -4.92. The SMILES string of the molecule is C1=CC2c3c(cc(-c4ccccc4)c4ccccc34)OC2C=C1CCC(c1ccccc1)c1cccc2c1sc1ccccc12. The van der Waals surface area contributed by atoms with Crippen LogP contribution in [0.1, 0.15) is 41.4 Å². The molecule has 216 valence electrons. The Morgan fingerprint density at radius 1 is 0.667 bits per heavy atom. The lowest BCUT2D eigenvalue weighted by molar-refractivity contribution is 0.267. The van der Waals surface area contributed by atoms with Crippen molar-refractivity contribution in [2.75, 3.05) is 0 Å². The molecule has 1 aliphatic heterocycles. The average molecular weight is 597 g/mol. The number of ether oxygens (including phenoxy) is 1. The molecule has 45 heavy (non-hydrogen) atoms. The first kappa shape index (κ1) is 26.5. The van der Waals surface area contributed by atoms with Crippen molar-refractivity contribution in [3.8, 4) is 16.9 Å². The summed E-state index contributed by atoms with van der Waals surface area (Å²) < 4.78 is 9.52. The minimum Gasteiger partial charge on any atom is -0.485 e. The summed E-state index contributed by atoms with van der Waals surface area (Å²) in [5.41, 5.74) is 7.95. The van der Waals surface area contributed by atoms with E-state index in [2.05, 4.69) is 152 Å². The van der Waals surface area contributed by atoms with E-state index >= 15 is 0 Å². The molecule has 2 aliphatic rings. The maximum atomic E-state index is 6.75. The van der Waals surface area contributed by atoms with Crippen LogP contribution in [0.3, 0.4) is 0 Å². The molecule has 0 radical (unpaired) electrons. The molecule has 3 atom stereocenters. The van der Waals surface area contributed by atoms with E-state index in [-0.39, 0.29) is 12.0 Å². The normalized spacial score (nSPS) is 17.6. The zero-order valence-electron chi connectivity index (χ0n) is 24.9. The summed E-state index contributed by atoms with van der Waals surface area (Å²) in [4.78, 5) is 0. The Balaban J connectivity index is 1.05. The van der Waals surface area contributed by atoms with Crippen LogP contribution in [0.2, 0.25) is 0 Å². The third kappa shape index (κ3) is 4.52. The van der Waals surface area contributed by atoms with Gasteiger partial charge >= 0.3 is 0 Å². The fourth-order valence-corrected chi connectivity index (χ4v) is 8.87. The van der Waals surface area contributed by atoms with E-state index in [1.54, 1.807) is 0 Å². The maximum Gasteiger partial charge on any atom is 0.128 e. The van der Waals surface area contributed by atoms with Crippen molar-refractivity contribution in [1.82, 2.24) is 0 Å². The Bertz CT molecular complexity index is 2260. The lowest BCUT2D eigenvalue weighted by atomic mass is 9.82. The number of thiophene rings is 1. The molecule has 3 unspecified atom stereocenters. The molecule has 0 fully saturated rings. The van der Waals surface area contributed by atoms with Crippen molar-refractivity contribution >= 4 is 42.3 Å². The van der Waals surface area contributed by atoms with Gasteiger partial charge in [-0.2, -0.15) is 0 Å². The molecule has 6 aromatic carbocycles. The molecular formula is C43H32OS. The van der Waals surface area contributed by atoms with Gasteiger partial charge in [-0.3, -0.25) is 0 Å². The molecule has 1 aliphatic carbocycles. The van der Waals surface area contributed by atoms with Gasteiger partial charge < -0.3 is 4.74 Å². The predicted molar refractivity (Wildman–Crippen MR) is 191 cm³/mol. The number of allylic oxidation sites excluding steroid dienone is 2. The summed E-state index contributed by atoms with van der Waals surface area (Å²) in [7, 11) is 0. The van der Waals surface area contributed by atoms with E-state index < -0.39 is 0 Å². The molecule has 9 rings (SSSR count). The van der Waals surface area contributed by atoms with Crippen molar-refractivity contribution in [1.29, 1.82) is 0 Å². The summed E-state index contributed by atoms with van der Waals surface area (Å²) in [6.45, 7) is 0. The van der Waals surface area contributed by atoms with E-state index in [0.29, 0.717) is 5.92 Å². The van der Waals surface area contributed by atoms with Gasteiger partial charge in [0.05, 0.1) is 0 Å². The molecule has 0 saturated carbocycles. The van der Waals surface area contributed by atoms with Crippen LogP contribution in [0, 0.1) is 0 Å². The van der Waals surface area contributed by atoms with Crippen LogP contribution < -0.4 is 4.74 Å². The Kier molecular flexibility index (Phi) is 6.42. The van der Waals surface area contributed by atoms with Crippen molar-refractivity contribution in [3.63, 3.8) is 0 Å². The van der Waals surface area contributed by atoms with E-state index in [0.717, 1.165) is 18.6 Å². The maximum absolute atomic E-state index is 6.75. The standard InChI is InChI=1S/C43H32OS/c1-3-12-29(13-4-1)31(35-19-11-20-36-33-17-9-10-21-41(33)45-43(35)36)24-22-28-23-25-37-39(26-28)44-40-27-38(30-14-5-2-6-15-30)32-16-7-8-18-34(32)42(37)40/h1-21,23,25-27,31,37,39H,22,24H2. The van der Waals surface area contributed by atoms with Gasteiger partial charge in [0, 0.05) is 37.6 Å². The zero-order valence-corrected chi connectivity index (χ0v) is 25.7. The summed E-state index contributed by atoms with van der Waals surface area (Å²) in [6.07, 6.45) is 9.21. The van der Waals surface area contributed by atoms with Gasteiger partial charge in [0.25, 0.3) is 0 Å². The molecule has 0 amide bonds. The second-order valence-electron chi connectivity index (χ2n) is 12.3. The molecule has 7 aromatic rings. The van der Waals surface area contributed by atoms with Gasteiger partial charge in [-0.1, -0.05) is 133 Å². The molecule has 0 bridgehead atoms. The zero-order chi connectivity index (χ0) is 29.7. The van der Waals surface area contributed by atoms with Gasteiger partial charge in [0.15, 0.2) is 0 Å². The topological polar surface area (TPSA) is 9.23 Å². The largest absolute Gasteiger partial charge is 0.485 e. The average Bonchev–Trinajstić information content (AvgIpc) is 3.67. The first-order valence-electron chi connectivity index (χ1n) is 15.9. The summed E-state index contributed by atoms with van der Waals surface area (Å²) in [6, 6.07) is 48.5. The number of fused-ring (bicyclic) bond motifs is 8. The fourth-order valence-electron chi connectivity index (χ4n) is 7.60. The van der Waals surface area contributed by atoms with Gasteiger partial charge in [-0.05, 0) is 69.6 Å². The number of rotatable bonds is 6. The molecule has 1 aromatic heterocycles. The monoisotopic (exact) mass is 596 g/mol. The van der Waals surface area contributed by atoms with Crippen LogP contribution in [-0.4, -0.2) is 6.10 Å². The minimum atomic E-state index is 0.0237. The molecule has 1 nitrogen and oxygen atoms in total. The first-order valence-corrected chi connectivity index (χ1v) is 16.8. The predicted octanol–water partition coefficient (Wildman–Crippen LogP) is 11.8. The first-order chi connectivity index (χ1) is 22.3. The van der Waals surface area contributed by atoms with Crippen LogP contribution in [-0.2, 0) is 0 Å². The van der Waals surface area contributed by atoms with E-state index in [1.165, 1.54) is 64.3 Å². The van der Waals surface area contributed by atoms with Gasteiger partial charge in [-0.15, -0.1) is 11.3 Å². The fraction of sp³-hybridized carbons (Fsp3) is 0.116. The second-order valence-corrected chi connectivity index (χ2v) is 13.3. The highest BCUT2D eigenvalue weighted by Gasteiger charge is 2.35. The number of hydrogen-bond donors (Lipinski definition) is 0. The Morgan fingerprint density at radius 2 is 1.38 bits per heavy atom. The van der Waals surface area contributed by atoms with Gasteiger partial charge in [0.2, 0.25) is 0 Å². The Labute approximate surface area is 267 Å². The van der Waals surface area contributed by atoms with E-state index in [4.69, 9.17) is 4.74 Å². The third-order valence-electron chi connectivity index (χ3n) is 9.71. The van der Waals surface area contributed by atoms with Crippen molar-refractivity contribution in [3.05, 3.63) is 174 Å². The van der Waals surface area contributed by atoms with E-state index in [9.17, 15) is 0 Å². The van der Waals surface area contributed by atoms with Crippen molar-refractivity contribution < 1.29 is 4.74 Å². The van der Waals surface area contributed by atoms with Crippen molar-refractivity contribution in [2.24, 2.45) is 0 Å².